The molecule has 0 saturated carbocycles. The fourth-order valence-electron chi connectivity index (χ4n) is 2.15. The molecule has 0 bridgehead atoms. The minimum atomic E-state index is -0.668. The van der Waals surface area contributed by atoms with Crippen molar-refractivity contribution in [3.8, 4) is 11.8 Å². The van der Waals surface area contributed by atoms with Crippen LogP contribution in [0.15, 0.2) is 41.8 Å². The number of amides is 2. The molecule has 1 heterocycles. The zero-order chi connectivity index (χ0) is 18.2. The minimum absolute atomic E-state index is 0.0666. The summed E-state index contributed by atoms with van der Waals surface area (Å²) < 4.78 is 5.22. The summed E-state index contributed by atoms with van der Waals surface area (Å²) in [7, 11) is 0. The Labute approximate surface area is 150 Å². The molecular formula is C18H19N3O3S. The molecule has 0 saturated heterocycles. The predicted molar refractivity (Wildman–Crippen MR) is 96.6 cm³/mol. The van der Waals surface area contributed by atoms with E-state index in [1.165, 1.54) is 11.3 Å². The van der Waals surface area contributed by atoms with Gasteiger partial charge in [-0.25, -0.2) is 0 Å². The van der Waals surface area contributed by atoms with Crippen LogP contribution >= 0.6 is 11.3 Å². The standard InChI is InChI=1S/C18H19N3O3S/c1-12(2)16(21-17(22)15-7-4-10-25-15)18(23)20-13-5-3-6-14(11-13)24-9-8-19/h3-7,10-12,16H,9H2,1-2H3,(H,20,23)(H,21,22). The molecule has 1 aromatic heterocycles. The third-order valence-corrected chi connectivity index (χ3v) is 4.25. The summed E-state index contributed by atoms with van der Waals surface area (Å²) in [6, 6.07) is 11.5. The third kappa shape index (κ3) is 5.33. The summed E-state index contributed by atoms with van der Waals surface area (Å²) in [5, 5.41) is 15.9. The Bertz CT molecular complexity index is 766. The Morgan fingerprint density at radius 3 is 2.72 bits per heavy atom. The SMILES string of the molecule is CC(C)C(NC(=O)c1cccs1)C(=O)Nc1cccc(OCC#N)c1. The fourth-order valence-corrected chi connectivity index (χ4v) is 2.78. The second-order valence-corrected chi connectivity index (χ2v) is 6.58. The number of anilines is 1. The van der Waals surface area contributed by atoms with E-state index in [1.807, 2.05) is 25.3 Å². The van der Waals surface area contributed by atoms with Crippen LogP contribution in [0, 0.1) is 17.2 Å². The van der Waals surface area contributed by atoms with Crippen molar-refractivity contribution in [2.24, 2.45) is 5.92 Å². The van der Waals surface area contributed by atoms with Gasteiger partial charge in [-0.2, -0.15) is 5.26 Å². The van der Waals surface area contributed by atoms with E-state index in [0.29, 0.717) is 16.3 Å². The van der Waals surface area contributed by atoms with Crippen LogP contribution in [-0.4, -0.2) is 24.5 Å². The molecular weight excluding hydrogens is 338 g/mol. The van der Waals surface area contributed by atoms with Crippen molar-refractivity contribution in [3.63, 3.8) is 0 Å². The van der Waals surface area contributed by atoms with Gasteiger partial charge in [-0.3, -0.25) is 9.59 Å². The third-order valence-electron chi connectivity index (χ3n) is 3.39. The first-order valence-electron chi connectivity index (χ1n) is 7.76. The maximum Gasteiger partial charge on any atom is 0.262 e. The molecule has 2 N–H and O–H groups in total. The number of nitrogens with zero attached hydrogens (tertiary/aromatic N) is 1. The quantitative estimate of drug-likeness (QED) is 0.797. The molecule has 2 rings (SSSR count). The lowest BCUT2D eigenvalue weighted by Gasteiger charge is -2.21. The first kappa shape index (κ1) is 18.5. The number of carbonyl (C=O) groups excluding carboxylic acids is 2. The summed E-state index contributed by atoms with van der Waals surface area (Å²) in [6.07, 6.45) is 0. The number of thiophene rings is 1. The monoisotopic (exact) mass is 357 g/mol. The lowest BCUT2D eigenvalue weighted by atomic mass is 10.0. The average molecular weight is 357 g/mol. The van der Waals surface area contributed by atoms with Crippen molar-refractivity contribution in [1.29, 1.82) is 5.26 Å². The van der Waals surface area contributed by atoms with Crippen molar-refractivity contribution in [3.05, 3.63) is 46.7 Å². The van der Waals surface area contributed by atoms with E-state index in [2.05, 4.69) is 10.6 Å². The van der Waals surface area contributed by atoms with Crippen LogP contribution in [0.2, 0.25) is 0 Å². The number of hydrogen-bond acceptors (Lipinski definition) is 5. The summed E-state index contributed by atoms with van der Waals surface area (Å²) in [6.45, 7) is 3.67. The van der Waals surface area contributed by atoms with Crippen LogP contribution in [0.3, 0.4) is 0 Å². The van der Waals surface area contributed by atoms with Crippen LogP contribution in [-0.2, 0) is 4.79 Å². The van der Waals surface area contributed by atoms with Gasteiger partial charge in [0.05, 0.1) is 4.88 Å². The van der Waals surface area contributed by atoms with Gasteiger partial charge in [0, 0.05) is 11.8 Å². The van der Waals surface area contributed by atoms with E-state index < -0.39 is 6.04 Å². The maximum absolute atomic E-state index is 12.6. The molecule has 1 aromatic carbocycles. The average Bonchev–Trinajstić information content (AvgIpc) is 3.12. The van der Waals surface area contributed by atoms with E-state index in [1.54, 1.807) is 36.4 Å². The van der Waals surface area contributed by atoms with Crippen LogP contribution < -0.4 is 15.4 Å². The lowest BCUT2D eigenvalue weighted by Crippen LogP contribution is -2.46. The molecule has 0 aliphatic carbocycles. The Kier molecular flexibility index (Phi) is 6.54. The van der Waals surface area contributed by atoms with Gasteiger partial charge in [-0.1, -0.05) is 26.0 Å². The molecule has 0 aliphatic rings. The molecule has 0 spiro atoms. The smallest absolute Gasteiger partial charge is 0.262 e. The maximum atomic E-state index is 12.6. The summed E-state index contributed by atoms with van der Waals surface area (Å²) in [5.41, 5.74) is 0.538. The Hall–Kier alpha value is -2.85. The second kappa shape index (κ2) is 8.85. The van der Waals surface area contributed by atoms with Crippen molar-refractivity contribution < 1.29 is 14.3 Å². The van der Waals surface area contributed by atoms with Crippen LogP contribution in [0.4, 0.5) is 5.69 Å². The van der Waals surface area contributed by atoms with Gasteiger partial charge in [0.25, 0.3) is 5.91 Å². The number of hydrogen-bond donors (Lipinski definition) is 2. The molecule has 1 unspecified atom stereocenters. The first-order valence-corrected chi connectivity index (χ1v) is 8.64. The second-order valence-electron chi connectivity index (χ2n) is 5.64. The van der Waals surface area contributed by atoms with E-state index in [4.69, 9.17) is 10.00 Å². The number of nitrogens with one attached hydrogen (secondary N) is 2. The number of carbonyl (C=O) groups is 2. The zero-order valence-electron chi connectivity index (χ0n) is 14.0. The molecule has 6 nitrogen and oxygen atoms in total. The van der Waals surface area contributed by atoms with Gasteiger partial charge in [-0.15, -0.1) is 11.3 Å². The Morgan fingerprint density at radius 2 is 2.08 bits per heavy atom. The van der Waals surface area contributed by atoms with Crippen molar-refractivity contribution in [2.45, 2.75) is 19.9 Å². The summed E-state index contributed by atoms with van der Waals surface area (Å²) in [5.74, 6) is -0.169. The minimum Gasteiger partial charge on any atom is -0.479 e. The molecule has 7 heteroatoms. The van der Waals surface area contributed by atoms with Crippen molar-refractivity contribution >= 4 is 28.8 Å². The van der Waals surface area contributed by atoms with Crippen LogP contribution in [0.1, 0.15) is 23.5 Å². The van der Waals surface area contributed by atoms with Crippen molar-refractivity contribution in [1.82, 2.24) is 5.32 Å². The topological polar surface area (TPSA) is 91.2 Å². The molecule has 2 amide bonds. The first-order chi connectivity index (χ1) is 12.0. The normalized spacial score (nSPS) is 11.4. The van der Waals surface area contributed by atoms with E-state index in [9.17, 15) is 9.59 Å². The molecule has 2 aromatic rings. The highest BCUT2D eigenvalue weighted by Crippen LogP contribution is 2.18. The van der Waals surface area contributed by atoms with Gasteiger partial charge >= 0.3 is 0 Å². The summed E-state index contributed by atoms with van der Waals surface area (Å²) >= 11 is 1.32. The largest absolute Gasteiger partial charge is 0.479 e. The van der Waals surface area contributed by atoms with Crippen LogP contribution in [0.5, 0.6) is 5.75 Å². The highest BCUT2D eigenvalue weighted by atomic mass is 32.1. The molecule has 130 valence electrons. The predicted octanol–water partition coefficient (Wildman–Crippen LogP) is 3.04. The van der Waals surface area contributed by atoms with Gasteiger partial charge in [0.15, 0.2) is 6.61 Å². The summed E-state index contributed by atoms with van der Waals surface area (Å²) in [4.78, 5) is 25.3. The molecule has 0 radical (unpaired) electrons. The molecule has 1 atom stereocenters. The Balaban J connectivity index is 2.05. The zero-order valence-corrected chi connectivity index (χ0v) is 14.8. The molecule has 25 heavy (non-hydrogen) atoms. The Morgan fingerprint density at radius 1 is 1.28 bits per heavy atom. The van der Waals surface area contributed by atoms with Gasteiger partial charge < -0.3 is 15.4 Å². The van der Waals surface area contributed by atoms with Gasteiger partial charge in [-0.05, 0) is 29.5 Å². The number of benzene rings is 1. The van der Waals surface area contributed by atoms with Gasteiger partial charge in [0.1, 0.15) is 17.9 Å². The van der Waals surface area contributed by atoms with Crippen molar-refractivity contribution in [2.75, 3.05) is 11.9 Å². The lowest BCUT2D eigenvalue weighted by molar-refractivity contribution is -0.118. The van der Waals surface area contributed by atoms with E-state index in [0.717, 1.165) is 0 Å². The highest BCUT2D eigenvalue weighted by molar-refractivity contribution is 7.12. The number of nitriles is 1. The van der Waals surface area contributed by atoms with E-state index >= 15 is 0 Å². The van der Waals surface area contributed by atoms with Gasteiger partial charge in [0.2, 0.25) is 5.91 Å². The number of ether oxygens (including phenoxy) is 1. The highest BCUT2D eigenvalue weighted by Gasteiger charge is 2.25. The molecule has 0 fully saturated rings. The number of rotatable bonds is 7. The molecule has 0 aliphatic heterocycles. The fraction of sp³-hybridized carbons (Fsp3) is 0.278. The van der Waals surface area contributed by atoms with E-state index in [-0.39, 0.29) is 24.3 Å². The van der Waals surface area contributed by atoms with Crippen LogP contribution in [0.25, 0.3) is 0 Å².